The fraction of sp³-hybridized carbons (Fsp3) is 0.167. The molecule has 0 spiro atoms. The lowest BCUT2D eigenvalue weighted by Gasteiger charge is -2.19. The highest BCUT2D eigenvalue weighted by atomic mass is 35.5. The van der Waals surface area contributed by atoms with Gasteiger partial charge in [-0.25, -0.2) is 4.79 Å². The molecule has 1 atom stereocenters. The molecule has 0 aliphatic carbocycles. The van der Waals surface area contributed by atoms with Crippen LogP contribution in [0.1, 0.15) is 24.2 Å². The van der Waals surface area contributed by atoms with Crippen LogP contribution in [0.2, 0.25) is 5.02 Å². The maximum absolute atomic E-state index is 12.0. The number of methoxy groups -OCH3 is 1. The van der Waals surface area contributed by atoms with Crippen molar-refractivity contribution in [2.45, 2.75) is 13.0 Å². The van der Waals surface area contributed by atoms with Crippen LogP contribution in [0.3, 0.4) is 0 Å². The Hall–Kier alpha value is -2.26. The molecule has 0 heterocycles. The molecule has 4 heteroatoms. The fourth-order valence-corrected chi connectivity index (χ4v) is 2.21. The summed E-state index contributed by atoms with van der Waals surface area (Å²) in [6.07, 6.45) is -0.571. The second-order valence-corrected chi connectivity index (χ2v) is 5.33. The topological polar surface area (TPSA) is 35.5 Å². The van der Waals surface area contributed by atoms with Crippen molar-refractivity contribution < 1.29 is 14.3 Å². The number of hydrogen-bond acceptors (Lipinski definition) is 3. The summed E-state index contributed by atoms with van der Waals surface area (Å²) in [5.74, 6) is 0.240. The smallest absolute Gasteiger partial charge is 0.334 e. The Morgan fingerprint density at radius 1 is 1.14 bits per heavy atom. The van der Waals surface area contributed by atoms with Gasteiger partial charge < -0.3 is 9.47 Å². The summed E-state index contributed by atoms with van der Waals surface area (Å²) < 4.78 is 10.8. The average molecular weight is 317 g/mol. The SMILES string of the molecule is C=C(C)C(=O)OC(c1cccc(Cl)c1)c1cccc(OC)c1. The maximum Gasteiger partial charge on any atom is 0.334 e. The number of hydrogen-bond donors (Lipinski definition) is 0. The number of esters is 1. The van der Waals surface area contributed by atoms with Gasteiger partial charge in [0.1, 0.15) is 5.75 Å². The van der Waals surface area contributed by atoms with Crippen molar-refractivity contribution in [2.24, 2.45) is 0 Å². The summed E-state index contributed by atoms with van der Waals surface area (Å²) in [5.41, 5.74) is 1.93. The molecule has 0 aliphatic rings. The van der Waals surface area contributed by atoms with E-state index in [1.54, 1.807) is 26.2 Å². The summed E-state index contributed by atoms with van der Waals surface area (Å²) in [6, 6.07) is 14.6. The number of rotatable bonds is 5. The Kier molecular flexibility index (Phi) is 5.23. The minimum atomic E-state index is -0.571. The fourth-order valence-electron chi connectivity index (χ4n) is 2.01. The van der Waals surface area contributed by atoms with Gasteiger partial charge in [0.2, 0.25) is 0 Å². The molecule has 0 aliphatic heterocycles. The molecule has 2 aromatic carbocycles. The van der Waals surface area contributed by atoms with E-state index < -0.39 is 12.1 Å². The van der Waals surface area contributed by atoms with Gasteiger partial charge >= 0.3 is 5.97 Å². The van der Waals surface area contributed by atoms with E-state index in [1.165, 1.54) is 0 Å². The molecule has 0 radical (unpaired) electrons. The molecule has 0 fully saturated rings. The van der Waals surface area contributed by atoms with Crippen molar-refractivity contribution in [3.8, 4) is 5.75 Å². The molecular formula is C18H17ClO3. The van der Waals surface area contributed by atoms with Gasteiger partial charge in [-0.15, -0.1) is 0 Å². The van der Waals surface area contributed by atoms with E-state index in [9.17, 15) is 4.79 Å². The number of carbonyl (C=O) groups excluding carboxylic acids is 1. The van der Waals surface area contributed by atoms with Gasteiger partial charge in [-0.2, -0.15) is 0 Å². The van der Waals surface area contributed by atoms with Crippen LogP contribution in [-0.2, 0) is 9.53 Å². The lowest BCUT2D eigenvalue weighted by atomic mass is 10.0. The minimum Gasteiger partial charge on any atom is -0.497 e. The second-order valence-electron chi connectivity index (χ2n) is 4.90. The largest absolute Gasteiger partial charge is 0.497 e. The van der Waals surface area contributed by atoms with Gasteiger partial charge in [-0.3, -0.25) is 0 Å². The first-order chi connectivity index (χ1) is 10.5. The average Bonchev–Trinajstić information content (AvgIpc) is 2.52. The third-order valence-electron chi connectivity index (χ3n) is 3.12. The molecule has 0 aromatic heterocycles. The molecule has 2 rings (SSSR count). The molecule has 1 unspecified atom stereocenters. The van der Waals surface area contributed by atoms with E-state index in [0.717, 1.165) is 11.1 Å². The quantitative estimate of drug-likeness (QED) is 0.599. The first kappa shape index (κ1) is 16.1. The first-order valence-electron chi connectivity index (χ1n) is 6.77. The van der Waals surface area contributed by atoms with Gasteiger partial charge in [-0.1, -0.05) is 42.4 Å². The Bertz CT molecular complexity index is 694. The van der Waals surface area contributed by atoms with Gasteiger partial charge in [-0.05, 0) is 36.8 Å². The Morgan fingerprint density at radius 3 is 2.36 bits per heavy atom. The van der Waals surface area contributed by atoms with E-state index in [2.05, 4.69) is 6.58 Å². The zero-order valence-electron chi connectivity index (χ0n) is 12.5. The summed E-state index contributed by atoms with van der Waals surface area (Å²) >= 11 is 6.05. The summed E-state index contributed by atoms with van der Waals surface area (Å²) in [5, 5.41) is 0.580. The summed E-state index contributed by atoms with van der Waals surface area (Å²) in [7, 11) is 1.59. The lowest BCUT2D eigenvalue weighted by molar-refractivity contribution is -0.142. The van der Waals surface area contributed by atoms with Crippen molar-refractivity contribution in [1.29, 1.82) is 0 Å². The molecule has 3 nitrogen and oxygen atoms in total. The van der Waals surface area contributed by atoms with Crippen molar-refractivity contribution in [3.05, 3.63) is 76.8 Å². The van der Waals surface area contributed by atoms with Crippen LogP contribution < -0.4 is 4.74 Å². The molecule has 114 valence electrons. The standard InChI is InChI=1S/C18H17ClO3/c1-12(2)18(20)22-17(13-6-4-8-15(19)10-13)14-7-5-9-16(11-14)21-3/h4-11,17H,1H2,2-3H3. The van der Waals surface area contributed by atoms with Crippen LogP contribution in [0.5, 0.6) is 5.75 Å². The highest BCUT2D eigenvalue weighted by Gasteiger charge is 2.20. The van der Waals surface area contributed by atoms with Crippen LogP contribution in [0.25, 0.3) is 0 Å². The second kappa shape index (κ2) is 7.14. The van der Waals surface area contributed by atoms with Gasteiger partial charge in [0.05, 0.1) is 7.11 Å². The van der Waals surface area contributed by atoms with Crippen molar-refractivity contribution in [1.82, 2.24) is 0 Å². The van der Waals surface area contributed by atoms with E-state index in [0.29, 0.717) is 16.3 Å². The van der Waals surface area contributed by atoms with E-state index in [-0.39, 0.29) is 0 Å². The number of halogens is 1. The normalized spacial score (nSPS) is 11.6. The Balaban J connectivity index is 2.44. The Morgan fingerprint density at radius 2 is 1.77 bits per heavy atom. The van der Waals surface area contributed by atoms with Crippen LogP contribution in [0.4, 0.5) is 0 Å². The van der Waals surface area contributed by atoms with E-state index >= 15 is 0 Å². The lowest BCUT2D eigenvalue weighted by Crippen LogP contribution is -2.13. The molecular weight excluding hydrogens is 300 g/mol. The van der Waals surface area contributed by atoms with E-state index in [4.69, 9.17) is 21.1 Å². The van der Waals surface area contributed by atoms with Crippen molar-refractivity contribution >= 4 is 17.6 Å². The molecule has 0 saturated carbocycles. The van der Waals surface area contributed by atoms with Gasteiger partial charge in [0, 0.05) is 16.2 Å². The predicted molar refractivity (Wildman–Crippen MR) is 87.2 cm³/mol. The van der Waals surface area contributed by atoms with Crippen molar-refractivity contribution in [2.75, 3.05) is 7.11 Å². The minimum absolute atomic E-state index is 0.343. The molecule has 0 saturated heterocycles. The van der Waals surface area contributed by atoms with Crippen LogP contribution in [-0.4, -0.2) is 13.1 Å². The highest BCUT2D eigenvalue weighted by Crippen LogP contribution is 2.30. The van der Waals surface area contributed by atoms with Crippen molar-refractivity contribution in [3.63, 3.8) is 0 Å². The molecule has 2 aromatic rings. The van der Waals surface area contributed by atoms with Crippen LogP contribution in [0.15, 0.2) is 60.7 Å². The first-order valence-corrected chi connectivity index (χ1v) is 7.15. The van der Waals surface area contributed by atoms with Gasteiger partial charge in [0.25, 0.3) is 0 Å². The monoisotopic (exact) mass is 316 g/mol. The Labute approximate surface area is 135 Å². The van der Waals surface area contributed by atoms with Gasteiger partial charge in [0.15, 0.2) is 6.10 Å². The molecule has 22 heavy (non-hydrogen) atoms. The third-order valence-corrected chi connectivity index (χ3v) is 3.36. The zero-order chi connectivity index (χ0) is 16.1. The maximum atomic E-state index is 12.0. The van der Waals surface area contributed by atoms with Crippen LogP contribution in [0, 0.1) is 0 Å². The number of benzene rings is 2. The molecule has 0 amide bonds. The number of carbonyl (C=O) groups is 1. The summed E-state index contributed by atoms with van der Waals surface area (Å²) in [4.78, 5) is 12.0. The van der Waals surface area contributed by atoms with E-state index in [1.807, 2.05) is 36.4 Å². The number of ether oxygens (including phenoxy) is 2. The molecule has 0 bridgehead atoms. The summed E-state index contributed by atoms with van der Waals surface area (Å²) in [6.45, 7) is 5.24. The highest BCUT2D eigenvalue weighted by molar-refractivity contribution is 6.30. The molecule has 0 N–H and O–H groups in total. The predicted octanol–water partition coefficient (Wildman–Crippen LogP) is 4.56. The van der Waals surface area contributed by atoms with Crippen LogP contribution >= 0.6 is 11.6 Å². The third kappa shape index (κ3) is 3.89. The zero-order valence-corrected chi connectivity index (χ0v) is 13.3.